The maximum atomic E-state index is 13.0. The van der Waals surface area contributed by atoms with Crippen LogP contribution in [0.2, 0.25) is 0 Å². The summed E-state index contributed by atoms with van der Waals surface area (Å²) in [7, 11) is 0. The van der Waals surface area contributed by atoms with Crippen molar-refractivity contribution in [3.63, 3.8) is 0 Å². The molecule has 3 aliphatic heterocycles. The Kier molecular flexibility index (Phi) is 18.3. The lowest BCUT2D eigenvalue weighted by Gasteiger charge is -2.45. The molecule has 0 amide bonds. The van der Waals surface area contributed by atoms with Crippen molar-refractivity contribution >= 4 is 11.8 Å². The average Bonchev–Trinajstić information content (AvgIpc) is 3.07. The number of carbonyl (C=O) groups is 2. The average molecular weight is 738 g/mol. The minimum Gasteiger partial charge on any atom is -0.462 e. The fourth-order valence-electron chi connectivity index (χ4n) is 6.98. The lowest BCUT2D eigenvalue weighted by Crippen LogP contribution is -2.61. The first-order valence-corrected chi connectivity index (χ1v) is 18.9. The van der Waals surface area contributed by atoms with Gasteiger partial charge in [0.1, 0.15) is 18.0 Å². The zero-order chi connectivity index (χ0) is 38.4. The number of aliphatic hydroxyl groups excluding tert-OH is 5. The Labute approximate surface area is 308 Å². The summed E-state index contributed by atoms with van der Waals surface area (Å²) in [6.07, 6.45) is 7.36. The molecule has 6 unspecified atom stereocenters. The molecular formula is C39H63NO12. The van der Waals surface area contributed by atoms with Gasteiger partial charge in [0.15, 0.2) is 12.1 Å². The van der Waals surface area contributed by atoms with E-state index in [2.05, 4.69) is 0 Å². The van der Waals surface area contributed by atoms with Gasteiger partial charge in [-0.15, -0.1) is 0 Å². The summed E-state index contributed by atoms with van der Waals surface area (Å²) in [4.78, 5) is 25.8. The molecule has 0 aliphatic carbocycles. The molecule has 13 nitrogen and oxygen atoms in total. The van der Waals surface area contributed by atoms with E-state index >= 15 is 0 Å². The molecule has 0 aromatic heterocycles. The summed E-state index contributed by atoms with van der Waals surface area (Å²) in [5.74, 6) is -3.93. The smallest absolute Gasteiger partial charge is 0.311 e. The van der Waals surface area contributed by atoms with Gasteiger partial charge in [0.2, 0.25) is 0 Å². The normalized spacial score (nSPS) is 43.6. The summed E-state index contributed by atoms with van der Waals surface area (Å²) in [6, 6.07) is -1.00. The van der Waals surface area contributed by atoms with Crippen LogP contribution in [0.5, 0.6) is 0 Å². The fraction of sp³-hybridized carbons (Fsp3) is 0.744. The van der Waals surface area contributed by atoms with Crippen LogP contribution in [0.4, 0.5) is 0 Å². The minimum atomic E-state index is -1.88. The number of cyclic esters (lactones) is 1. The lowest BCUT2D eigenvalue weighted by molar-refractivity contribution is -0.308. The quantitative estimate of drug-likeness (QED) is 0.202. The molecule has 2 fully saturated rings. The predicted molar refractivity (Wildman–Crippen MR) is 193 cm³/mol. The molecule has 3 heterocycles. The second-order valence-electron chi connectivity index (χ2n) is 14.7. The maximum absolute atomic E-state index is 13.0. The highest BCUT2D eigenvalue weighted by Crippen LogP contribution is 2.37. The number of allylic oxidation sites excluding steroid dienone is 6. The van der Waals surface area contributed by atoms with Crippen LogP contribution in [0.1, 0.15) is 98.3 Å². The second kappa shape index (κ2) is 21.6. The van der Waals surface area contributed by atoms with Gasteiger partial charge in [0.05, 0.1) is 54.7 Å². The Bertz CT molecular complexity index is 1220. The lowest BCUT2D eigenvalue weighted by atomic mass is 9.84. The summed E-state index contributed by atoms with van der Waals surface area (Å²) in [5, 5.41) is 65.1. The number of nitrogens with two attached hydrogens (primary N) is 1. The van der Waals surface area contributed by atoms with E-state index in [1.807, 2.05) is 31.2 Å². The Hall–Kier alpha value is -2.30. The number of carbonyl (C=O) groups excluding carboxylic acids is 2. The van der Waals surface area contributed by atoms with Gasteiger partial charge in [-0.1, -0.05) is 75.8 Å². The SMILES string of the molecule is CCC[C@@H]1C/C=C/C=C/C=C/C=C/[C@H](OC2OC(C)C(O)C(N)C2O)CC2O[C@](O)(C[C@@H](O)CCCC(=O)C[C@@H](O)[C@H](CC)C(=O)O1)C[C@H](O)[C@H]2C. The minimum absolute atomic E-state index is 0.0616. The molecule has 296 valence electrons. The van der Waals surface area contributed by atoms with E-state index < -0.39 is 84.8 Å². The van der Waals surface area contributed by atoms with Gasteiger partial charge >= 0.3 is 5.97 Å². The van der Waals surface area contributed by atoms with Crippen LogP contribution in [0.15, 0.2) is 48.6 Å². The fourth-order valence-corrected chi connectivity index (χ4v) is 6.98. The number of ketones is 1. The Morgan fingerprint density at radius 2 is 1.63 bits per heavy atom. The van der Waals surface area contributed by atoms with Crippen molar-refractivity contribution in [1.82, 2.24) is 0 Å². The standard InChI is InChI=1S/C39H63NO12/c1-5-15-28-18-12-10-8-7-9-11-13-19-29(51-38-36(46)34(40)35(45)25(4)49-38)21-33-24(3)32(44)23-39(48,52-33)22-27(42)17-14-16-26(41)20-31(43)30(6-2)37(47)50-28/h7-13,19,24-25,27-36,38,42-46,48H,5-6,14-18,20-23,40H2,1-4H3/b8-7+,11-9+,12-10+,19-13+/t24-,25?,27+,28-,29+,30+,31-,32+,33?,34?,35?,36?,38?,39-/m1/s1. The van der Waals surface area contributed by atoms with Gasteiger partial charge < -0.3 is 55.3 Å². The van der Waals surface area contributed by atoms with Crippen LogP contribution >= 0.6 is 0 Å². The Balaban J connectivity index is 1.85. The first kappa shape index (κ1) is 44.1. The van der Waals surface area contributed by atoms with Crippen molar-refractivity contribution in [3.8, 4) is 0 Å². The van der Waals surface area contributed by atoms with Gasteiger partial charge in [-0.3, -0.25) is 9.59 Å². The van der Waals surface area contributed by atoms with Crippen LogP contribution < -0.4 is 5.73 Å². The van der Waals surface area contributed by atoms with E-state index in [0.717, 1.165) is 6.42 Å². The number of fused-ring (bicyclic) bond motifs is 2. The predicted octanol–water partition coefficient (Wildman–Crippen LogP) is 2.64. The number of aliphatic hydroxyl groups is 6. The van der Waals surface area contributed by atoms with Crippen molar-refractivity contribution in [2.24, 2.45) is 17.6 Å². The largest absolute Gasteiger partial charge is 0.462 e. The summed E-state index contributed by atoms with van der Waals surface area (Å²) >= 11 is 0. The van der Waals surface area contributed by atoms with E-state index in [0.29, 0.717) is 19.3 Å². The molecule has 2 bridgehead atoms. The maximum Gasteiger partial charge on any atom is 0.311 e. The van der Waals surface area contributed by atoms with Gasteiger partial charge in [0, 0.05) is 44.4 Å². The number of hydrogen-bond acceptors (Lipinski definition) is 13. The molecule has 0 aromatic rings. The molecule has 2 saturated heterocycles. The molecule has 52 heavy (non-hydrogen) atoms. The van der Waals surface area contributed by atoms with Crippen LogP contribution in [0.25, 0.3) is 0 Å². The molecule has 3 rings (SSSR count). The summed E-state index contributed by atoms with van der Waals surface area (Å²) in [6.45, 7) is 7.18. The number of rotatable bonds is 5. The van der Waals surface area contributed by atoms with Crippen LogP contribution in [-0.2, 0) is 28.5 Å². The Morgan fingerprint density at radius 3 is 2.33 bits per heavy atom. The zero-order valence-electron chi connectivity index (χ0n) is 31.1. The molecule has 0 aromatic carbocycles. The highest BCUT2D eigenvalue weighted by atomic mass is 16.7. The highest BCUT2D eigenvalue weighted by Gasteiger charge is 2.47. The third-order valence-corrected chi connectivity index (χ3v) is 10.3. The van der Waals surface area contributed by atoms with Crippen molar-refractivity contribution < 1.29 is 59.2 Å². The number of Topliss-reactive ketones (excluding diaryl/α,β-unsaturated/α-hetero) is 1. The van der Waals surface area contributed by atoms with E-state index in [-0.39, 0.29) is 56.8 Å². The molecule has 13 heteroatoms. The van der Waals surface area contributed by atoms with Crippen LogP contribution in [-0.4, -0.2) is 115 Å². The van der Waals surface area contributed by atoms with Crippen molar-refractivity contribution in [2.45, 2.75) is 171 Å². The van der Waals surface area contributed by atoms with Crippen molar-refractivity contribution in [2.75, 3.05) is 0 Å². The van der Waals surface area contributed by atoms with Crippen molar-refractivity contribution in [3.05, 3.63) is 48.6 Å². The molecule has 0 radical (unpaired) electrons. The van der Waals surface area contributed by atoms with Gasteiger partial charge in [-0.2, -0.15) is 0 Å². The molecule has 8 N–H and O–H groups in total. The molecule has 3 aliphatic rings. The molecular weight excluding hydrogens is 674 g/mol. The number of hydrogen-bond donors (Lipinski definition) is 7. The van der Waals surface area contributed by atoms with Gasteiger partial charge in [0.25, 0.3) is 0 Å². The third kappa shape index (κ3) is 13.5. The van der Waals surface area contributed by atoms with E-state index in [1.54, 1.807) is 45.1 Å². The zero-order valence-corrected chi connectivity index (χ0v) is 31.1. The van der Waals surface area contributed by atoms with E-state index in [9.17, 15) is 40.2 Å². The van der Waals surface area contributed by atoms with Gasteiger partial charge in [-0.05, 0) is 32.6 Å². The number of esters is 1. The molecule has 0 spiro atoms. The topological polar surface area (TPSA) is 218 Å². The van der Waals surface area contributed by atoms with Crippen LogP contribution in [0.3, 0.4) is 0 Å². The first-order chi connectivity index (χ1) is 24.7. The summed E-state index contributed by atoms with van der Waals surface area (Å²) < 4.78 is 23.9. The highest BCUT2D eigenvalue weighted by molar-refractivity contribution is 5.80. The second-order valence-corrected chi connectivity index (χ2v) is 14.7. The Morgan fingerprint density at radius 1 is 0.942 bits per heavy atom. The number of ether oxygens (including phenoxy) is 4. The summed E-state index contributed by atoms with van der Waals surface area (Å²) in [5.41, 5.74) is 6.04. The van der Waals surface area contributed by atoms with E-state index in [1.165, 1.54) is 0 Å². The van der Waals surface area contributed by atoms with Crippen molar-refractivity contribution in [1.29, 1.82) is 0 Å². The third-order valence-electron chi connectivity index (χ3n) is 10.3. The molecule has 0 saturated carbocycles. The molecule has 14 atom stereocenters. The van der Waals surface area contributed by atoms with Gasteiger partial charge in [-0.25, -0.2) is 0 Å². The van der Waals surface area contributed by atoms with E-state index in [4.69, 9.17) is 24.7 Å². The van der Waals surface area contributed by atoms with Crippen LogP contribution in [0, 0.1) is 11.8 Å². The monoisotopic (exact) mass is 737 g/mol. The first-order valence-electron chi connectivity index (χ1n) is 18.9.